The molecule has 0 radical (unpaired) electrons. The number of nitrogens with zero attached hydrogens (tertiary/aromatic N) is 3. The maximum atomic E-state index is 12.5. The quantitative estimate of drug-likeness (QED) is 0.754. The van der Waals surface area contributed by atoms with Gasteiger partial charge in [-0.1, -0.05) is 12.1 Å². The number of aryl methyl sites for hydroxylation is 1. The molecule has 0 atom stereocenters. The van der Waals surface area contributed by atoms with Crippen molar-refractivity contribution in [3.8, 4) is 0 Å². The molecule has 1 aromatic heterocycles. The van der Waals surface area contributed by atoms with Gasteiger partial charge in [0.05, 0.1) is 4.90 Å². The van der Waals surface area contributed by atoms with Gasteiger partial charge in [-0.3, -0.25) is 0 Å². The van der Waals surface area contributed by atoms with Gasteiger partial charge in [0, 0.05) is 31.5 Å². The van der Waals surface area contributed by atoms with E-state index in [1.807, 2.05) is 6.92 Å². The largest absolute Gasteiger partial charge is 0.358 e. The highest BCUT2D eigenvalue weighted by atomic mass is 32.2. The molecule has 2 heterocycles. The molecule has 1 fully saturated rings. The fourth-order valence-corrected chi connectivity index (χ4v) is 4.37. The van der Waals surface area contributed by atoms with Gasteiger partial charge in [0.15, 0.2) is 5.11 Å². The molecule has 26 heavy (non-hydrogen) atoms. The van der Waals surface area contributed by atoms with E-state index in [1.54, 1.807) is 40.8 Å². The third-order valence-corrected chi connectivity index (χ3v) is 6.26. The van der Waals surface area contributed by atoms with Gasteiger partial charge in [0.1, 0.15) is 0 Å². The van der Waals surface area contributed by atoms with Crippen LogP contribution in [0.2, 0.25) is 0 Å². The van der Waals surface area contributed by atoms with Crippen LogP contribution in [0.1, 0.15) is 24.1 Å². The van der Waals surface area contributed by atoms with E-state index in [2.05, 4.69) is 20.6 Å². The Bertz CT molecular complexity index is 878. The molecular formula is C17H21N5O2S2. The molecular weight excluding hydrogens is 370 g/mol. The summed E-state index contributed by atoms with van der Waals surface area (Å²) in [6.45, 7) is 3.56. The van der Waals surface area contributed by atoms with Crippen molar-refractivity contribution in [3.05, 3.63) is 47.8 Å². The third-order valence-electron chi connectivity index (χ3n) is 4.10. The minimum absolute atomic E-state index is 0.331. The standard InChI is InChI=1S/C17H21N5O2S2/c1-13-8-9-18-16(20-13)21-17(25)19-12-14-4-6-15(7-5-14)26(23,24)22-10-2-3-11-22/h4-9H,2-3,10-12H2,1H3,(H2,18,19,20,21,25). The van der Waals surface area contributed by atoms with Gasteiger partial charge in [0.25, 0.3) is 0 Å². The van der Waals surface area contributed by atoms with E-state index in [9.17, 15) is 8.42 Å². The Morgan fingerprint density at radius 1 is 1.19 bits per heavy atom. The number of hydrogen-bond acceptors (Lipinski definition) is 5. The fourth-order valence-electron chi connectivity index (χ4n) is 2.69. The number of nitrogens with one attached hydrogen (secondary N) is 2. The summed E-state index contributed by atoms with van der Waals surface area (Å²) in [5.41, 5.74) is 1.78. The lowest BCUT2D eigenvalue weighted by atomic mass is 10.2. The van der Waals surface area contributed by atoms with Crippen LogP contribution in [-0.2, 0) is 16.6 Å². The molecule has 1 aliphatic rings. The molecule has 3 rings (SSSR count). The number of anilines is 1. The number of hydrogen-bond donors (Lipinski definition) is 2. The average molecular weight is 392 g/mol. The third kappa shape index (κ3) is 4.54. The number of sulfonamides is 1. The van der Waals surface area contributed by atoms with Crippen molar-refractivity contribution in [1.82, 2.24) is 19.6 Å². The first-order chi connectivity index (χ1) is 12.4. The molecule has 1 saturated heterocycles. The zero-order valence-corrected chi connectivity index (χ0v) is 16.1. The van der Waals surface area contributed by atoms with Crippen molar-refractivity contribution < 1.29 is 8.42 Å². The minimum Gasteiger partial charge on any atom is -0.358 e. The van der Waals surface area contributed by atoms with Crippen molar-refractivity contribution in [2.45, 2.75) is 31.2 Å². The van der Waals surface area contributed by atoms with E-state index in [1.165, 1.54) is 0 Å². The number of benzene rings is 1. The van der Waals surface area contributed by atoms with E-state index in [0.717, 1.165) is 24.1 Å². The molecule has 0 aliphatic carbocycles. The van der Waals surface area contributed by atoms with Crippen LogP contribution in [0.4, 0.5) is 5.95 Å². The Balaban J connectivity index is 1.56. The van der Waals surface area contributed by atoms with E-state index in [-0.39, 0.29) is 0 Å². The van der Waals surface area contributed by atoms with Crippen LogP contribution in [0.25, 0.3) is 0 Å². The van der Waals surface area contributed by atoms with Gasteiger partial charge >= 0.3 is 0 Å². The number of thiocarbonyl (C=S) groups is 1. The lowest BCUT2D eigenvalue weighted by molar-refractivity contribution is 0.477. The Morgan fingerprint density at radius 3 is 2.54 bits per heavy atom. The molecule has 2 N–H and O–H groups in total. The van der Waals surface area contributed by atoms with Crippen LogP contribution in [0.5, 0.6) is 0 Å². The molecule has 0 spiro atoms. The zero-order valence-electron chi connectivity index (χ0n) is 14.5. The zero-order chi connectivity index (χ0) is 18.6. The van der Waals surface area contributed by atoms with Crippen LogP contribution in [0, 0.1) is 6.92 Å². The first-order valence-electron chi connectivity index (χ1n) is 8.39. The predicted octanol–water partition coefficient (Wildman–Crippen LogP) is 2.06. The average Bonchev–Trinajstić information content (AvgIpc) is 3.16. The first kappa shape index (κ1) is 18.7. The summed E-state index contributed by atoms with van der Waals surface area (Å²) in [6, 6.07) is 8.68. The summed E-state index contributed by atoms with van der Waals surface area (Å²) in [7, 11) is -3.37. The monoisotopic (exact) mass is 391 g/mol. The summed E-state index contributed by atoms with van der Waals surface area (Å²) in [4.78, 5) is 8.64. The molecule has 1 aromatic carbocycles. The maximum absolute atomic E-state index is 12.5. The number of aromatic nitrogens is 2. The molecule has 0 saturated carbocycles. The molecule has 2 aromatic rings. The summed E-state index contributed by atoms with van der Waals surface area (Å²) < 4.78 is 26.6. The Hall–Kier alpha value is -2.10. The summed E-state index contributed by atoms with van der Waals surface area (Å²) in [6.07, 6.45) is 3.51. The van der Waals surface area contributed by atoms with Gasteiger partial charge in [-0.15, -0.1) is 0 Å². The van der Waals surface area contributed by atoms with E-state index < -0.39 is 10.0 Å². The van der Waals surface area contributed by atoms with Crippen molar-refractivity contribution in [2.24, 2.45) is 0 Å². The van der Waals surface area contributed by atoms with Crippen LogP contribution >= 0.6 is 12.2 Å². The second kappa shape index (κ2) is 8.07. The van der Waals surface area contributed by atoms with Gasteiger partial charge in [-0.25, -0.2) is 18.4 Å². The molecule has 0 unspecified atom stereocenters. The van der Waals surface area contributed by atoms with Crippen molar-refractivity contribution in [1.29, 1.82) is 0 Å². The van der Waals surface area contributed by atoms with E-state index in [0.29, 0.717) is 35.6 Å². The summed E-state index contributed by atoms with van der Waals surface area (Å²) >= 11 is 5.23. The Morgan fingerprint density at radius 2 is 1.88 bits per heavy atom. The van der Waals surface area contributed by atoms with Gasteiger partial charge < -0.3 is 10.6 Å². The topological polar surface area (TPSA) is 87.2 Å². The van der Waals surface area contributed by atoms with Gasteiger partial charge in [-0.05, 0) is 55.7 Å². The SMILES string of the molecule is Cc1ccnc(NC(=S)NCc2ccc(S(=O)(=O)N3CCCC3)cc2)n1. The van der Waals surface area contributed by atoms with E-state index in [4.69, 9.17) is 12.2 Å². The maximum Gasteiger partial charge on any atom is 0.243 e. The van der Waals surface area contributed by atoms with Crippen LogP contribution < -0.4 is 10.6 Å². The van der Waals surface area contributed by atoms with Crippen molar-refractivity contribution >= 4 is 33.3 Å². The predicted molar refractivity (Wildman–Crippen MR) is 104 cm³/mol. The molecule has 7 nitrogen and oxygen atoms in total. The Kier molecular flexibility index (Phi) is 5.80. The lowest BCUT2D eigenvalue weighted by Gasteiger charge is -2.15. The second-order valence-corrected chi connectivity index (χ2v) is 8.43. The summed E-state index contributed by atoms with van der Waals surface area (Å²) in [5, 5.41) is 6.39. The fraction of sp³-hybridized carbons (Fsp3) is 0.353. The highest BCUT2D eigenvalue weighted by molar-refractivity contribution is 7.89. The second-order valence-electron chi connectivity index (χ2n) is 6.08. The summed E-state index contributed by atoms with van der Waals surface area (Å²) in [5.74, 6) is 0.439. The van der Waals surface area contributed by atoms with Crippen LogP contribution in [-0.4, -0.2) is 40.9 Å². The van der Waals surface area contributed by atoms with Crippen molar-refractivity contribution in [2.75, 3.05) is 18.4 Å². The highest BCUT2D eigenvalue weighted by Gasteiger charge is 2.26. The smallest absolute Gasteiger partial charge is 0.243 e. The normalized spacial score (nSPS) is 15.0. The first-order valence-corrected chi connectivity index (χ1v) is 10.2. The van der Waals surface area contributed by atoms with E-state index >= 15 is 0 Å². The molecule has 0 amide bonds. The lowest BCUT2D eigenvalue weighted by Crippen LogP contribution is -2.29. The Labute approximate surface area is 158 Å². The number of rotatable bonds is 5. The molecule has 9 heteroatoms. The van der Waals surface area contributed by atoms with Gasteiger partial charge in [0.2, 0.25) is 16.0 Å². The molecule has 1 aliphatic heterocycles. The minimum atomic E-state index is -3.37. The molecule has 138 valence electrons. The van der Waals surface area contributed by atoms with Crippen molar-refractivity contribution in [3.63, 3.8) is 0 Å². The van der Waals surface area contributed by atoms with Crippen LogP contribution in [0.15, 0.2) is 41.4 Å². The molecule has 0 bridgehead atoms. The highest BCUT2D eigenvalue weighted by Crippen LogP contribution is 2.21. The van der Waals surface area contributed by atoms with Crippen LogP contribution in [0.3, 0.4) is 0 Å². The van der Waals surface area contributed by atoms with Gasteiger partial charge in [-0.2, -0.15) is 4.31 Å².